The van der Waals surface area contributed by atoms with Crippen LogP contribution in [0.25, 0.3) is 0 Å². The maximum absolute atomic E-state index is 6.04. The first-order valence-corrected chi connectivity index (χ1v) is 7.24. The van der Waals surface area contributed by atoms with Crippen LogP contribution in [-0.2, 0) is 6.42 Å². The molecule has 1 atom stereocenters. The highest BCUT2D eigenvalue weighted by molar-refractivity contribution is 7.09. The molecule has 1 fully saturated rings. The predicted octanol–water partition coefficient (Wildman–Crippen LogP) is 2.23. The van der Waals surface area contributed by atoms with Gasteiger partial charge in [-0.1, -0.05) is 0 Å². The molecule has 0 radical (unpaired) electrons. The van der Waals surface area contributed by atoms with E-state index in [1.807, 2.05) is 0 Å². The topological polar surface area (TPSA) is 42.1 Å². The number of hydrogen-bond acceptors (Lipinski definition) is 4. The maximum atomic E-state index is 6.04. The van der Waals surface area contributed by atoms with Gasteiger partial charge < -0.3 is 10.6 Å². The molecular formula is C13H23N3S. The van der Waals surface area contributed by atoms with Gasteiger partial charge in [0.1, 0.15) is 0 Å². The van der Waals surface area contributed by atoms with Crippen molar-refractivity contribution in [3.8, 4) is 0 Å². The number of aromatic nitrogens is 1. The molecule has 0 spiro atoms. The molecule has 1 aromatic heterocycles. The number of nitrogens with zero attached hydrogens (tertiary/aromatic N) is 2. The Balaban J connectivity index is 2.02. The first-order valence-electron chi connectivity index (χ1n) is 6.36. The van der Waals surface area contributed by atoms with Gasteiger partial charge in [0.2, 0.25) is 0 Å². The number of likely N-dealkylation sites (N-methyl/N-ethyl adjacent to an activating group) is 1. The highest BCUT2D eigenvalue weighted by Crippen LogP contribution is 2.28. The van der Waals surface area contributed by atoms with Gasteiger partial charge in [0.25, 0.3) is 0 Å². The molecule has 2 heterocycles. The van der Waals surface area contributed by atoms with Crippen molar-refractivity contribution in [3.63, 3.8) is 0 Å². The molecule has 96 valence electrons. The van der Waals surface area contributed by atoms with Crippen molar-refractivity contribution >= 4 is 11.3 Å². The molecule has 0 amide bonds. The Morgan fingerprint density at radius 2 is 2.35 bits per heavy atom. The first kappa shape index (κ1) is 13.0. The average Bonchev–Trinajstić information content (AvgIpc) is 2.63. The number of hydrogen-bond donors (Lipinski definition) is 1. The molecule has 17 heavy (non-hydrogen) atoms. The van der Waals surface area contributed by atoms with Crippen LogP contribution in [0.2, 0.25) is 0 Å². The standard InChI is InChI=1S/C13H23N3S/c1-13(2,14)7-12-15-11(9-17-12)10-5-4-6-16(3)8-10/h9-10H,4-8,14H2,1-3H3. The third-order valence-corrected chi connectivity index (χ3v) is 4.09. The maximum Gasteiger partial charge on any atom is 0.0946 e. The molecule has 3 nitrogen and oxygen atoms in total. The lowest BCUT2D eigenvalue weighted by atomic mass is 9.96. The number of nitrogens with two attached hydrogens (primary N) is 1. The van der Waals surface area contributed by atoms with Crippen LogP contribution in [0.5, 0.6) is 0 Å². The zero-order valence-electron chi connectivity index (χ0n) is 11.1. The van der Waals surface area contributed by atoms with Crippen LogP contribution in [0.4, 0.5) is 0 Å². The van der Waals surface area contributed by atoms with Gasteiger partial charge in [0, 0.05) is 29.8 Å². The monoisotopic (exact) mass is 253 g/mol. The van der Waals surface area contributed by atoms with Gasteiger partial charge in [-0.25, -0.2) is 4.98 Å². The zero-order valence-corrected chi connectivity index (χ0v) is 11.9. The number of piperidine rings is 1. The molecular weight excluding hydrogens is 230 g/mol. The Morgan fingerprint density at radius 1 is 1.59 bits per heavy atom. The molecule has 0 saturated carbocycles. The van der Waals surface area contributed by atoms with Crippen molar-refractivity contribution in [2.24, 2.45) is 5.73 Å². The lowest BCUT2D eigenvalue weighted by Gasteiger charge is -2.28. The van der Waals surface area contributed by atoms with Crippen molar-refractivity contribution in [1.29, 1.82) is 0 Å². The summed E-state index contributed by atoms with van der Waals surface area (Å²) in [6, 6.07) is 0. The highest BCUT2D eigenvalue weighted by Gasteiger charge is 2.22. The smallest absolute Gasteiger partial charge is 0.0946 e. The summed E-state index contributed by atoms with van der Waals surface area (Å²) < 4.78 is 0. The molecule has 0 aromatic carbocycles. The number of rotatable bonds is 3. The van der Waals surface area contributed by atoms with Crippen molar-refractivity contribution in [1.82, 2.24) is 9.88 Å². The molecule has 2 N–H and O–H groups in total. The van der Waals surface area contributed by atoms with Crippen LogP contribution < -0.4 is 5.73 Å². The molecule has 4 heteroatoms. The van der Waals surface area contributed by atoms with Gasteiger partial charge in [0.05, 0.1) is 10.7 Å². The summed E-state index contributed by atoms with van der Waals surface area (Å²) in [6.07, 6.45) is 3.44. The van der Waals surface area contributed by atoms with E-state index < -0.39 is 0 Å². The van der Waals surface area contributed by atoms with E-state index >= 15 is 0 Å². The van der Waals surface area contributed by atoms with Crippen molar-refractivity contribution in [3.05, 3.63) is 16.1 Å². The summed E-state index contributed by atoms with van der Waals surface area (Å²) in [7, 11) is 2.20. The van der Waals surface area contributed by atoms with Gasteiger partial charge in [-0.2, -0.15) is 0 Å². The minimum atomic E-state index is -0.154. The summed E-state index contributed by atoms with van der Waals surface area (Å²) in [5.41, 5.74) is 7.16. The molecule has 1 aromatic rings. The second kappa shape index (κ2) is 5.04. The number of likely N-dealkylation sites (tertiary alicyclic amines) is 1. The van der Waals surface area contributed by atoms with Gasteiger partial charge in [-0.3, -0.25) is 0 Å². The van der Waals surface area contributed by atoms with Crippen LogP contribution in [0, 0.1) is 0 Å². The Hall–Kier alpha value is -0.450. The fraction of sp³-hybridized carbons (Fsp3) is 0.769. The Kier molecular flexibility index (Phi) is 3.85. The highest BCUT2D eigenvalue weighted by atomic mass is 32.1. The van der Waals surface area contributed by atoms with E-state index in [-0.39, 0.29) is 5.54 Å². The zero-order chi connectivity index (χ0) is 12.5. The van der Waals surface area contributed by atoms with Crippen molar-refractivity contribution in [2.75, 3.05) is 20.1 Å². The molecule has 1 aliphatic heterocycles. The van der Waals surface area contributed by atoms with Crippen LogP contribution in [0.3, 0.4) is 0 Å². The van der Waals surface area contributed by atoms with E-state index in [0.29, 0.717) is 5.92 Å². The second-order valence-corrected chi connectivity index (χ2v) is 6.88. The predicted molar refractivity (Wildman–Crippen MR) is 73.6 cm³/mol. The van der Waals surface area contributed by atoms with E-state index in [1.54, 1.807) is 11.3 Å². The van der Waals surface area contributed by atoms with Gasteiger partial charge in [-0.15, -0.1) is 11.3 Å². The Morgan fingerprint density at radius 3 is 3.00 bits per heavy atom. The van der Waals surface area contributed by atoms with E-state index in [4.69, 9.17) is 10.7 Å². The molecule has 0 aliphatic carbocycles. The molecule has 1 unspecified atom stereocenters. The van der Waals surface area contributed by atoms with Crippen molar-refractivity contribution in [2.45, 2.75) is 44.6 Å². The molecule has 1 saturated heterocycles. The van der Waals surface area contributed by atoms with Crippen LogP contribution in [-0.4, -0.2) is 35.6 Å². The summed E-state index contributed by atoms with van der Waals surface area (Å²) in [5, 5.41) is 3.41. The largest absolute Gasteiger partial charge is 0.325 e. The van der Waals surface area contributed by atoms with Crippen LogP contribution in [0.1, 0.15) is 43.3 Å². The third kappa shape index (κ3) is 3.76. The molecule has 1 aliphatic rings. The van der Waals surface area contributed by atoms with Crippen LogP contribution in [0.15, 0.2) is 5.38 Å². The summed E-state index contributed by atoms with van der Waals surface area (Å²) in [5.74, 6) is 0.625. The quantitative estimate of drug-likeness (QED) is 0.898. The second-order valence-electron chi connectivity index (χ2n) is 5.93. The minimum absolute atomic E-state index is 0.154. The fourth-order valence-corrected chi connectivity index (χ4v) is 3.51. The van der Waals surface area contributed by atoms with Crippen molar-refractivity contribution < 1.29 is 0 Å². The third-order valence-electron chi connectivity index (χ3n) is 3.22. The first-order chi connectivity index (χ1) is 7.94. The lowest BCUT2D eigenvalue weighted by molar-refractivity contribution is 0.248. The van der Waals surface area contributed by atoms with Gasteiger partial charge in [0.15, 0.2) is 0 Å². The van der Waals surface area contributed by atoms with E-state index in [2.05, 4.69) is 31.2 Å². The molecule has 2 rings (SSSR count). The summed E-state index contributed by atoms with van der Waals surface area (Å²) in [4.78, 5) is 7.17. The van der Waals surface area contributed by atoms with Gasteiger partial charge >= 0.3 is 0 Å². The van der Waals surface area contributed by atoms with Gasteiger partial charge in [-0.05, 0) is 40.3 Å². The van der Waals surface area contributed by atoms with E-state index in [1.165, 1.54) is 30.1 Å². The average molecular weight is 253 g/mol. The minimum Gasteiger partial charge on any atom is -0.325 e. The Bertz CT molecular complexity index is 367. The summed E-state index contributed by atoms with van der Waals surface area (Å²) in [6.45, 7) is 6.49. The number of thiazole rings is 1. The SMILES string of the molecule is CN1CCCC(c2csc(CC(C)(C)N)n2)C1. The van der Waals surface area contributed by atoms with E-state index in [9.17, 15) is 0 Å². The Labute approximate surface area is 108 Å². The van der Waals surface area contributed by atoms with Crippen LogP contribution >= 0.6 is 11.3 Å². The van der Waals surface area contributed by atoms with E-state index in [0.717, 1.165) is 13.0 Å². The lowest BCUT2D eigenvalue weighted by Crippen LogP contribution is -2.34. The molecule has 0 bridgehead atoms. The normalized spacial score (nSPS) is 22.9. The summed E-state index contributed by atoms with van der Waals surface area (Å²) >= 11 is 1.76. The fourth-order valence-electron chi connectivity index (χ4n) is 2.39.